The molecule has 2 aromatic carbocycles. The predicted octanol–water partition coefficient (Wildman–Crippen LogP) is 4.96. The molecule has 0 amide bonds. The van der Waals surface area contributed by atoms with Crippen LogP contribution in [-0.4, -0.2) is 24.1 Å². The van der Waals surface area contributed by atoms with E-state index in [9.17, 15) is 0 Å². The summed E-state index contributed by atoms with van der Waals surface area (Å²) in [6.07, 6.45) is 0. The molecule has 0 aliphatic heterocycles. The van der Waals surface area contributed by atoms with Crippen LogP contribution < -0.4 is 15.5 Å². The van der Waals surface area contributed by atoms with Gasteiger partial charge in [-0.15, -0.1) is 0 Å². The Balaban J connectivity index is 1.80. The summed E-state index contributed by atoms with van der Waals surface area (Å²) in [5.74, 6) is 1.35. The second-order valence-corrected chi connectivity index (χ2v) is 6.79. The maximum Gasteiger partial charge on any atom is 0.229 e. The highest BCUT2D eigenvalue weighted by Crippen LogP contribution is 2.22. The van der Waals surface area contributed by atoms with E-state index in [4.69, 9.17) is 0 Å². The van der Waals surface area contributed by atoms with Gasteiger partial charge in [0.15, 0.2) is 0 Å². The van der Waals surface area contributed by atoms with E-state index in [1.807, 2.05) is 39.2 Å². The summed E-state index contributed by atoms with van der Waals surface area (Å²) in [5.41, 5.74) is 6.48. The second-order valence-electron chi connectivity index (χ2n) is 6.79. The average Bonchev–Trinajstić information content (AvgIpc) is 2.53. The van der Waals surface area contributed by atoms with Crippen LogP contribution in [0.1, 0.15) is 16.8 Å². The van der Waals surface area contributed by atoms with Crippen molar-refractivity contribution in [3.63, 3.8) is 0 Å². The zero-order valence-electron chi connectivity index (χ0n) is 16.0. The number of anilines is 5. The molecule has 0 saturated heterocycles. The number of aromatic nitrogens is 2. The van der Waals surface area contributed by atoms with Crippen molar-refractivity contribution in [2.75, 3.05) is 29.6 Å². The Bertz CT molecular complexity index is 881. The summed E-state index contributed by atoms with van der Waals surface area (Å²) in [7, 11) is 4.05. The van der Waals surface area contributed by atoms with E-state index in [0.29, 0.717) is 5.95 Å². The molecule has 0 aliphatic rings. The Morgan fingerprint density at radius 2 is 1.38 bits per heavy atom. The molecule has 0 bridgehead atoms. The van der Waals surface area contributed by atoms with Gasteiger partial charge in [-0.2, -0.15) is 4.98 Å². The van der Waals surface area contributed by atoms with E-state index >= 15 is 0 Å². The smallest absolute Gasteiger partial charge is 0.229 e. The molecule has 1 heterocycles. The summed E-state index contributed by atoms with van der Waals surface area (Å²) in [6.45, 7) is 6.15. The number of nitrogens with one attached hydrogen (secondary N) is 2. The summed E-state index contributed by atoms with van der Waals surface area (Å²) >= 11 is 0. The summed E-state index contributed by atoms with van der Waals surface area (Å²) < 4.78 is 0. The lowest BCUT2D eigenvalue weighted by Gasteiger charge is -2.14. The number of hydrogen-bond donors (Lipinski definition) is 2. The SMILES string of the molecule is Cc1cc(C)cc(Nc2cc(C)nc(Nc3ccc(N(C)C)cc3)n2)c1. The molecule has 26 heavy (non-hydrogen) atoms. The third-order valence-electron chi connectivity index (χ3n) is 3.99. The number of benzene rings is 2. The molecule has 134 valence electrons. The normalized spacial score (nSPS) is 10.5. The van der Waals surface area contributed by atoms with Crippen molar-refractivity contribution >= 4 is 28.8 Å². The highest BCUT2D eigenvalue weighted by atomic mass is 15.1. The monoisotopic (exact) mass is 347 g/mol. The van der Waals surface area contributed by atoms with Crippen molar-refractivity contribution in [3.8, 4) is 0 Å². The quantitative estimate of drug-likeness (QED) is 0.683. The van der Waals surface area contributed by atoms with Crippen molar-refractivity contribution in [2.45, 2.75) is 20.8 Å². The molecule has 1 aromatic heterocycles. The van der Waals surface area contributed by atoms with Gasteiger partial charge in [0.25, 0.3) is 0 Å². The third-order valence-corrected chi connectivity index (χ3v) is 3.99. The highest BCUT2D eigenvalue weighted by molar-refractivity contribution is 5.62. The van der Waals surface area contributed by atoms with Crippen LogP contribution in [0, 0.1) is 20.8 Å². The van der Waals surface area contributed by atoms with Gasteiger partial charge >= 0.3 is 0 Å². The molecule has 5 nitrogen and oxygen atoms in total. The number of hydrogen-bond acceptors (Lipinski definition) is 5. The maximum atomic E-state index is 4.60. The number of rotatable bonds is 5. The largest absolute Gasteiger partial charge is 0.378 e. The summed E-state index contributed by atoms with van der Waals surface area (Å²) in [6, 6.07) is 16.5. The third kappa shape index (κ3) is 4.51. The summed E-state index contributed by atoms with van der Waals surface area (Å²) in [5, 5.41) is 6.66. The molecule has 0 saturated carbocycles. The lowest BCUT2D eigenvalue weighted by molar-refractivity contribution is 1.10. The van der Waals surface area contributed by atoms with Crippen molar-refractivity contribution in [1.82, 2.24) is 9.97 Å². The van der Waals surface area contributed by atoms with Crippen LogP contribution in [-0.2, 0) is 0 Å². The van der Waals surface area contributed by atoms with Crippen molar-refractivity contribution in [2.24, 2.45) is 0 Å². The lowest BCUT2D eigenvalue weighted by atomic mass is 10.1. The first-order chi connectivity index (χ1) is 12.4. The average molecular weight is 347 g/mol. The topological polar surface area (TPSA) is 53.1 Å². The van der Waals surface area contributed by atoms with Crippen molar-refractivity contribution in [1.29, 1.82) is 0 Å². The molecular weight excluding hydrogens is 322 g/mol. The van der Waals surface area contributed by atoms with E-state index in [2.05, 4.69) is 69.7 Å². The Morgan fingerprint density at radius 1 is 0.731 bits per heavy atom. The van der Waals surface area contributed by atoms with Crippen LogP contribution in [0.5, 0.6) is 0 Å². The maximum absolute atomic E-state index is 4.60. The first-order valence-electron chi connectivity index (χ1n) is 8.64. The fourth-order valence-corrected chi connectivity index (χ4v) is 2.86. The highest BCUT2D eigenvalue weighted by Gasteiger charge is 2.05. The van der Waals surface area contributed by atoms with E-state index in [1.165, 1.54) is 11.1 Å². The van der Waals surface area contributed by atoms with Crippen LogP contribution in [0.4, 0.5) is 28.8 Å². The zero-order valence-corrected chi connectivity index (χ0v) is 16.0. The minimum absolute atomic E-state index is 0.578. The van der Waals surface area contributed by atoms with Gasteiger partial charge in [0.05, 0.1) is 0 Å². The zero-order chi connectivity index (χ0) is 18.7. The molecular formula is C21H25N5. The molecule has 0 atom stereocenters. The van der Waals surface area contributed by atoms with Gasteiger partial charge in [-0.3, -0.25) is 0 Å². The molecule has 0 radical (unpaired) electrons. The minimum Gasteiger partial charge on any atom is -0.378 e. The second kappa shape index (κ2) is 7.44. The van der Waals surface area contributed by atoms with Crippen molar-refractivity contribution in [3.05, 3.63) is 65.4 Å². The molecule has 0 fully saturated rings. The molecule has 0 spiro atoms. The Morgan fingerprint density at radius 3 is 2.00 bits per heavy atom. The number of aryl methyl sites for hydroxylation is 3. The standard InChI is InChI=1S/C21H25N5/c1-14-10-15(2)12-18(11-14)23-20-13-16(3)22-21(25-20)24-17-6-8-19(9-7-17)26(4)5/h6-13H,1-5H3,(H2,22,23,24,25). The Labute approximate surface area is 155 Å². The van der Waals surface area contributed by atoms with Crippen LogP contribution >= 0.6 is 0 Å². The van der Waals surface area contributed by atoms with Gasteiger partial charge in [0.1, 0.15) is 5.82 Å². The Kier molecular flexibility index (Phi) is 5.07. The van der Waals surface area contributed by atoms with Gasteiger partial charge in [0, 0.05) is 42.9 Å². The van der Waals surface area contributed by atoms with Crippen LogP contribution in [0.15, 0.2) is 48.5 Å². The summed E-state index contributed by atoms with van der Waals surface area (Å²) in [4.78, 5) is 11.2. The van der Waals surface area contributed by atoms with E-state index in [-0.39, 0.29) is 0 Å². The van der Waals surface area contributed by atoms with Gasteiger partial charge < -0.3 is 15.5 Å². The van der Waals surface area contributed by atoms with Gasteiger partial charge in [-0.05, 0) is 68.3 Å². The fraction of sp³-hybridized carbons (Fsp3) is 0.238. The molecule has 0 aliphatic carbocycles. The predicted molar refractivity (Wildman–Crippen MR) is 110 cm³/mol. The fourth-order valence-electron chi connectivity index (χ4n) is 2.86. The number of nitrogens with zero attached hydrogens (tertiary/aromatic N) is 3. The minimum atomic E-state index is 0.578. The van der Waals surface area contributed by atoms with Gasteiger partial charge in [0.2, 0.25) is 5.95 Å². The molecule has 5 heteroatoms. The van der Waals surface area contributed by atoms with Crippen molar-refractivity contribution < 1.29 is 0 Å². The van der Waals surface area contributed by atoms with Gasteiger partial charge in [-0.1, -0.05) is 6.07 Å². The lowest BCUT2D eigenvalue weighted by Crippen LogP contribution is -2.08. The van der Waals surface area contributed by atoms with Gasteiger partial charge in [-0.25, -0.2) is 4.98 Å². The van der Waals surface area contributed by atoms with E-state index in [0.717, 1.165) is 28.6 Å². The van der Waals surface area contributed by atoms with Crippen LogP contribution in [0.3, 0.4) is 0 Å². The molecule has 3 rings (SSSR count). The molecule has 0 unspecified atom stereocenters. The van der Waals surface area contributed by atoms with Crippen LogP contribution in [0.2, 0.25) is 0 Å². The van der Waals surface area contributed by atoms with E-state index < -0.39 is 0 Å². The first kappa shape index (κ1) is 17.7. The molecule has 2 N–H and O–H groups in total. The first-order valence-corrected chi connectivity index (χ1v) is 8.64. The van der Waals surface area contributed by atoms with E-state index in [1.54, 1.807) is 0 Å². The van der Waals surface area contributed by atoms with Crippen LogP contribution in [0.25, 0.3) is 0 Å². The molecule has 3 aromatic rings. The Hall–Kier alpha value is -3.08.